The molecule has 3 N–H and O–H groups in total. The van der Waals surface area contributed by atoms with Crippen molar-refractivity contribution in [1.29, 1.82) is 0 Å². The van der Waals surface area contributed by atoms with Crippen LogP contribution in [0.15, 0.2) is 36.8 Å². The van der Waals surface area contributed by atoms with Crippen LogP contribution < -0.4 is 0 Å². The first-order valence-electron chi connectivity index (χ1n) is 13.0. The number of benzene rings is 2. The molecule has 0 amide bonds. The molecule has 1 heterocycles. The Morgan fingerprint density at radius 2 is 0.889 bits per heavy atom. The highest BCUT2D eigenvalue weighted by atomic mass is 16.3. The zero-order chi connectivity index (χ0) is 27.4. The van der Waals surface area contributed by atoms with Crippen molar-refractivity contribution >= 4 is 0 Å². The number of rotatable bonds is 3. The minimum absolute atomic E-state index is 0.141. The molecule has 0 aliphatic rings. The second kappa shape index (κ2) is 8.97. The van der Waals surface area contributed by atoms with Crippen molar-refractivity contribution in [2.24, 2.45) is 0 Å². The summed E-state index contributed by atoms with van der Waals surface area (Å²) >= 11 is 0. The van der Waals surface area contributed by atoms with E-state index in [-0.39, 0.29) is 27.6 Å². The van der Waals surface area contributed by atoms with Gasteiger partial charge in [-0.3, -0.25) is 0 Å². The number of aromatic nitrogens is 2. The molecule has 4 nitrogen and oxygen atoms in total. The van der Waals surface area contributed by atoms with Crippen LogP contribution in [0, 0.1) is 0 Å². The average Bonchev–Trinajstić information content (AvgIpc) is 3.20. The van der Waals surface area contributed by atoms with Gasteiger partial charge < -0.3 is 15.2 Å². The van der Waals surface area contributed by atoms with E-state index in [1.165, 1.54) is 0 Å². The summed E-state index contributed by atoms with van der Waals surface area (Å²) in [7, 11) is 0. The van der Waals surface area contributed by atoms with Crippen molar-refractivity contribution in [3.63, 3.8) is 0 Å². The Kier molecular flexibility index (Phi) is 6.94. The summed E-state index contributed by atoms with van der Waals surface area (Å²) in [4.78, 5) is 7.72. The van der Waals surface area contributed by atoms with Crippen LogP contribution in [0.2, 0.25) is 0 Å². The molecule has 4 heteroatoms. The number of imidazole rings is 1. The second-order valence-corrected chi connectivity index (χ2v) is 14.4. The van der Waals surface area contributed by atoms with Crippen LogP contribution in [0.1, 0.15) is 128 Å². The molecule has 0 fully saturated rings. The smallest absolute Gasteiger partial charge is 0.123 e. The van der Waals surface area contributed by atoms with E-state index >= 15 is 0 Å². The Morgan fingerprint density at radius 1 is 0.583 bits per heavy atom. The number of hydrogen-bond donors (Lipinski definition) is 3. The Labute approximate surface area is 218 Å². The van der Waals surface area contributed by atoms with E-state index in [1.54, 1.807) is 6.33 Å². The zero-order valence-corrected chi connectivity index (χ0v) is 24.4. The number of nitrogens with one attached hydrogen (secondary N) is 1. The van der Waals surface area contributed by atoms with Gasteiger partial charge in [0.1, 0.15) is 11.5 Å². The lowest BCUT2D eigenvalue weighted by Crippen LogP contribution is -2.20. The molecule has 0 bridgehead atoms. The molecule has 0 saturated heterocycles. The number of H-pyrrole nitrogens is 1. The van der Waals surface area contributed by atoms with Crippen molar-refractivity contribution in [2.45, 2.75) is 111 Å². The molecule has 1 aromatic heterocycles. The molecule has 3 rings (SSSR count). The molecule has 0 radical (unpaired) electrons. The quantitative estimate of drug-likeness (QED) is 0.346. The van der Waals surface area contributed by atoms with Gasteiger partial charge in [0.2, 0.25) is 0 Å². The Morgan fingerprint density at radius 3 is 1.11 bits per heavy atom. The van der Waals surface area contributed by atoms with Crippen LogP contribution >= 0.6 is 0 Å². The highest BCUT2D eigenvalue weighted by molar-refractivity contribution is 5.57. The summed E-state index contributed by atoms with van der Waals surface area (Å²) in [5.41, 5.74) is 5.95. The van der Waals surface area contributed by atoms with Gasteiger partial charge >= 0.3 is 0 Å². The third-order valence-electron chi connectivity index (χ3n) is 6.99. The summed E-state index contributed by atoms with van der Waals surface area (Å²) in [6, 6.07) is 8.60. The Bertz CT molecular complexity index is 1070. The molecule has 0 aliphatic carbocycles. The van der Waals surface area contributed by atoms with E-state index in [1.807, 2.05) is 6.20 Å². The number of aromatic amines is 1. The minimum Gasteiger partial charge on any atom is -0.507 e. The van der Waals surface area contributed by atoms with E-state index in [9.17, 15) is 10.2 Å². The van der Waals surface area contributed by atoms with E-state index in [0.29, 0.717) is 11.5 Å². The predicted octanol–water partition coefficient (Wildman–Crippen LogP) is 8.19. The molecular weight excluding hydrogens is 444 g/mol. The monoisotopic (exact) mass is 490 g/mol. The van der Waals surface area contributed by atoms with Gasteiger partial charge in [-0.2, -0.15) is 0 Å². The molecule has 3 aromatic rings. The number of phenolic OH excluding ortho intramolecular Hbond substituents is 2. The summed E-state index contributed by atoms with van der Waals surface area (Å²) in [6.07, 6.45) is 3.60. The first kappa shape index (κ1) is 27.8. The van der Waals surface area contributed by atoms with Crippen LogP contribution in [0.3, 0.4) is 0 Å². The zero-order valence-electron chi connectivity index (χ0n) is 24.4. The summed E-state index contributed by atoms with van der Waals surface area (Å²) in [5, 5.41) is 22.7. The minimum atomic E-state index is -0.235. The van der Waals surface area contributed by atoms with Crippen LogP contribution in [-0.4, -0.2) is 20.2 Å². The van der Waals surface area contributed by atoms with E-state index in [0.717, 1.165) is 39.1 Å². The molecule has 0 unspecified atom stereocenters. The van der Waals surface area contributed by atoms with Crippen LogP contribution in [0.4, 0.5) is 0 Å². The number of phenols is 2. The lowest BCUT2D eigenvalue weighted by atomic mass is 9.73. The molecule has 0 saturated carbocycles. The average molecular weight is 491 g/mol. The third-order valence-corrected chi connectivity index (χ3v) is 6.99. The molecule has 0 spiro atoms. The summed E-state index contributed by atoms with van der Waals surface area (Å²) < 4.78 is 0. The highest BCUT2D eigenvalue weighted by Gasteiger charge is 2.32. The van der Waals surface area contributed by atoms with Crippen molar-refractivity contribution in [3.8, 4) is 11.5 Å². The molecular formula is C32H46N2O2. The van der Waals surface area contributed by atoms with Crippen LogP contribution in [0.5, 0.6) is 11.5 Å². The van der Waals surface area contributed by atoms with Gasteiger partial charge in [-0.15, -0.1) is 0 Å². The molecule has 0 atom stereocenters. The lowest BCUT2D eigenvalue weighted by Gasteiger charge is -2.32. The summed E-state index contributed by atoms with van der Waals surface area (Å²) in [6.45, 7) is 25.7. The second-order valence-electron chi connectivity index (χ2n) is 14.4. The van der Waals surface area contributed by atoms with Gasteiger partial charge in [0.15, 0.2) is 0 Å². The normalized spacial score (nSPS) is 13.5. The van der Waals surface area contributed by atoms with Gasteiger partial charge in [-0.05, 0) is 55.0 Å². The first-order valence-corrected chi connectivity index (χ1v) is 13.0. The van der Waals surface area contributed by atoms with Gasteiger partial charge in [-0.1, -0.05) is 107 Å². The highest BCUT2D eigenvalue weighted by Crippen LogP contribution is 2.46. The fourth-order valence-electron chi connectivity index (χ4n) is 4.91. The number of nitrogens with zero attached hydrogens (tertiary/aromatic N) is 1. The predicted molar refractivity (Wildman–Crippen MR) is 151 cm³/mol. The SMILES string of the molecule is CC(C)(C)c1cc(C(c2cc(C(C)(C)C)c(O)c(C(C)(C)C)c2)c2cnc[nH]2)cc(C(C)(C)C)c1O. The third kappa shape index (κ3) is 5.48. The number of aromatic hydroxyl groups is 2. The van der Waals surface area contributed by atoms with Gasteiger partial charge in [0, 0.05) is 11.9 Å². The first-order chi connectivity index (χ1) is 16.2. The molecule has 0 aliphatic heterocycles. The van der Waals surface area contributed by atoms with Crippen molar-refractivity contribution in [1.82, 2.24) is 9.97 Å². The van der Waals surface area contributed by atoms with E-state index in [2.05, 4.69) is 117 Å². The lowest BCUT2D eigenvalue weighted by molar-refractivity contribution is 0.422. The maximum absolute atomic E-state index is 11.4. The molecule has 2 aromatic carbocycles. The fourth-order valence-corrected chi connectivity index (χ4v) is 4.91. The van der Waals surface area contributed by atoms with E-state index < -0.39 is 0 Å². The topological polar surface area (TPSA) is 69.1 Å². The maximum Gasteiger partial charge on any atom is 0.123 e. The van der Waals surface area contributed by atoms with Crippen LogP contribution in [-0.2, 0) is 21.7 Å². The van der Waals surface area contributed by atoms with Crippen LogP contribution in [0.25, 0.3) is 0 Å². The molecule has 196 valence electrons. The maximum atomic E-state index is 11.4. The van der Waals surface area contributed by atoms with Gasteiger partial charge in [0.25, 0.3) is 0 Å². The van der Waals surface area contributed by atoms with Crippen molar-refractivity contribution < 1.29 is 10.2 Å². The van der Waals surface area contributed by atoms with Gasteiger partial charge in [0.05, 0.1) is 12.2 Å². The van der Waals surface area contributed by atoms with E-state index in [4.69, 9.17) is 0 Å². The summed E-state index contributed by atoms with van der Waals surface area (Å²) in [5.74, 6) is 0.607. The Balaban J connectivity index is 2.46. The van der Waals surface area contributed by atoms with Crippen molar-refractivity contribution in [3.05, 3.63) is 75.9 Å². The largest absolute Gasteiger partial charge is 0.507 e. The van der Waals surface area contributed by atoms with Crippen molar-refractivity contribution in [2.75, 3.05) is 0 Å². The number of hydrogen-bond acceptors (Lipinski definition) is 3. The standard InChI is InChI=1S/C32H46N2O2/c1-29(2,3)21-13-19(14-22(27(21)35)30(4,5)6)26(25-17-33-18-34-25)20-15-23(31(7,8)9)28(36)24(16-20)32(10,11)12/h13-18,26,35-36H,1-12H3,(H,33,34). The Hall–Kier alpha value is -2.75. The fraction of sp³-hybridized carbons (Fsp3) is 0.531. The molecule has 36 heavy (non-hydrogen) atoms. The van der Waals surface area contributed by atoms with Gasteiger partial charge in [-0.25, -0.2) is 4.98 Å².